The van der Waals surface area contributed by atoms with Gasteiger partial charge in [0.1, 0.15) is 0 Å². The first-order valence-electron chi connectivity index (χ1n) is 10.0. The van der Waals surface area contributed by atoms with Gasteiger partial charge in [0.05, 0.1) is 11.3 Å². The highest BCUT2D eigenvalue weighted by atomic mass is 19.4. The van der Waals surface area contributed by atoms with Crippen molar-refractivity contribution in [3.05, 3.63) is 106 Å². The number of nitrogens with zero attached hydrogens (tertiary/aromatic N) is 1. The van der Waals surface area contributed by atoms with Gasteiger partial charge in [-0.05, 0) is 60.2 Å². The van der Waals surface area contributed by atoms with E-state index in [9.17, 15) is 13.2 Å². The van der Waals surface area contributed by atoms with Gasteiger partial charge in [-0.1, -0.05) is 60.7 Å². The van der Waals surface area contributed by atoms with E-state index in [2.05, 4.69) is 0 Å². The van der Waals surface area contributed by atoms with E-state index in [1.165, 1.54) is 12.1 Å². The summed E-state index contributed by atoms with van der Waals surface area (Å²) in [5.74, 6) is 0. The molecule has 1 nitrogen and oxygen atoms in total. The highest BCUT2D eigenvalue weighted by Gasteiger charge is 2.38. The first kappa shape index (κ1) is 20.3. The molecule has 0 saturated heterocycles. The normalized spacial score (nSPS) is 14.1. The minimum Gasteiger partial charge on any atom is -0.362 e. The molecule has 3 aromatic carbocycles. The van der Waals surface area contributed by atoms with E-state index in [1.807, 2.05) is 80.3 Å². The Labute approximate surface area is 175 Å². The zero-order valence-electron chi connectivity index (χ0n) is 17.3. The number of fused-ring (bicyclic) bond motifs is 1. The molecule has 0 aliphatic carbocycles. The Morgan fingerprint density at radius 3 is 2.23 bits per heavy atom. The molecule has 0 bridgehead atoms. The molecule has 30 heavy (non-hydrogen) atoms. The van der Waals surface area contributed by atoms with Crippen LogP contribution < -0.4 is 4.90 Å². The van der Waals surface area contributed by atoms with E-state index in [4.69, 9.17) is 0 Å². The average Bonchev–Trinajstić information content (AvgIpc) is 2.71. The SMILES string of the molecule is CC1=C(c2ccccc2)c2cccc(C(F)(F)F)c2N(Cc2cccc(C)c2C)C1. The first-order valence-corrected chi connectivity index (χ1v) is 10.0. The van der Waals surface area contributed by atoms with Gasteiger partial charge in [-0.2, -0.15) is 13.2 Å². The Hall–Kier alpha value is -3.01. The molecule has 0 radical (unpaired) electrons. The molecule has 0 spiro atoms. The van der Waals surface area contributed by atoms with Gasteiger partial charge < -0.3 is 4.90 Å². The van der Waals surface area contributed by atoms with Crippen molar-refractivity contribution in [1.29, 1.82) is 0 Å². The third-order valence-corrected chi connectivity index (χ3v) is 5.92. The number of halogens is 3. The van der Waals surface area contributed by atoms with Crippen LogP contribution in [0.4, 0.5) is 18.9 Å². The van der Waals surface area contributed by atoms with E-state index in [0.29, 0.717) is 18.7 Å². The number of hydrogen-bond donors (Lipinski definition) is 0. The van der Waals surface area contributed by atoms with Gasteiger partial charge in [0.25, 0.3) is 0 Å². The van der Waals surface area contributed by atoms with Crippen LogP contribution in [-0.4, -0.2) is 6.54 Å². The van der Waals surface area contributed by atoms with Crippen molar-refractivity contribution in [1.82, 2.24) is 0 Å². The number of benzene rings is 3. The molecule has 0 aromatic heterocycles. The molecule has 1 heterocycles. The fourth-order valence-electron chi connectivity index (χ4n) is 4.32. The van der Waals surface area contributed by atoms with E-state index in [0.717, 1.165) is 33.4 Å². The number of hydrogen-bond acceptors (Lipinski definition) is 1. The van der Waals surface area contributed by atoms with Crippen LogP contribution in [-0.2, 0) is 12.7 Å². The summed E-state index contributed by atoms with van der Waals surface area (Å²) in [6.45, 7) is 6.97. The van der Waals surface area contributed by atoms with Gasteiger partial charge in [-0.25, -0.2) is 0 Å². The number of para-hydroxylation sites is 1. The van der Waals surface area contributed by atoms with Crippen LogP contribution in [0.2, 0.25) is 0 Å². The standard InChI is InChI=1S/C26H24F3N/c1-17-9-7-12-21(19(17)3)16-30-15-18(2)24(20-10-5-4-6-11-20)22-13-8-14-23(25(22)30)26(27,28)29/h4-14H,15-16H2,1-3H3. The van der Waals surface area contributed by atoms with Crippen molar-refractivity contribution in [2.75, 3.05) is 11.4 Å². The fraction of sp³-hybridized carbons (Fsp3) is 0.231. The third kappa shape index (κ3) is 3.62. The monoisotopic (exact) mass is 407 g/mol. The fourth-order valence-corrected chi connectivity index (χ4v) is 4.32. The lowest BCUT2D eigenvalue weighted by Crippen LogP contribution is -2.32. The van der Waals surface area contributed by atoms with Crippen LogP contribution in [0.5, 0.6) is 0 Å². The maximum atomic E-state index is 14.0. The number of aryl methyl sites for hydroxylation is 1. The average molecular weight is 407 g/mol. The van der Waals surface area contributed by atoms with Crippen molar-refractivity contribution in [3.8, 4) is 0 Å². The van der Waals surface area contributed by atoms with Gasteiger partial charge in [0.15, 0.2) is 0 Å². The number of rotatable bonds is 3. The number of alkyl halides is 3. The summed E-state index contributed by atoms with van der Waals surface area (Å²) in [7, 11) is 0. The van der Waals surface area contributed by atoms with Crippen molar-refractivity contribution in [2.24, 2.45) is 0 Å². The second-order valence-electron chi connectivity index (χ2n) is 7.94. The second-order valence-corrected chi connectivity index (χ2v) is 7.94. The maximum Gasteiger partial charge on any atom is 0.418 e. The van der Waals surface area contributed by atoms with Gasteiger partial charge in [0, 0.05) is 18.7 Å². The predicted octanol–water partition coefficient (Wildman–Crippen LogP) is 7.16. The van der Waals surface area contributed by atoms with Crippen molar-refractivity contribution in [2.45, 2.75) is 33.5 Å². The predicted molar refractivity (Wildman–Crippen MR) is 117 cm³/mol. The van der Waals surface area contributed by atoms with Crippen molar-refractivity contribution < 1.29 is 13.2 Å². The summed E-state index contributed by atoms with van der Waals surface area (Å²) < 4.78 is 42.0. The molecule has 0 N–H and O–H groups in total. The van der Waals surface area contributed by atoms with E-state index < -0.39 is 11.7 Å². The van der Waals surface area contributed by atoms with Crippen molar-refractivity contribution in [3.63, 3.8) is 0 Å². The lowest BCUT2D eigenvalue weighted by molar-refractivity contribution is -0.137. The molecule has 4 rings (SSSR count). The molecular weight excluding hydrogens is 383 g/mol. The van der Waals surface area contributed by atoms with Crippen LogP contribution in [0.3, 0.4) is 0 Å². The summed E-state index contributed by atoms with van der Waals surface area (Å²) in [4.78, 5) is 1.88. The molecule has 3 aromatic rings. The topological polar surface area (TPSA) is 3.24 Å². The molecule has 0 amide bonds. The molecule has 0 unspecified atom stereocenters. The van der Waals surface area contributed by atoms with Crippen molar-refractivity contribution >= 4 is 11.3 Å². The minimum atomic E-state index is -4.42. The molecule has 0 saturated carbocycles. The second kappa shape index (κ2) is 7.67. The molecule has 4 heteroatoms. The van der Waals surface area contributed by atoms with Crippen LogP contribution >= 0.6 is 0 Å². The van der Waals surface area contributed by atoms with Gasteiger partial charge >= 0.3 is 6.18 Å². The van der Waals surface area contributed by atoms with Crippen LogP contribution in [0, 0.1) is 13.8 Å². The summed E-state index contributed by atoms with van der Waals surface area (Å²) in [5, 5.41) is 0. The maximum absolute atomic E-state index is 14.0. The Bertz CT molecular complexity index is 1110. The van der Waals surface area contributed by atoms with E-state index in [1.54, 1.807) is 0 Å². The zero-order valence-corrected chi connectivity index (χ0v) is 17.3. The highest BCUT2D eigenvalue weighted by molar-refractivity contribution is 5.92. The Morgan fingerprint density at radius 2 is 1.53 bits per heavy atom. The van der Waals surface area contributed by atoms with Crippen LogP contribution in [0.15, 0.2) is 72.3 Å². The van der Waals surface area contributed by atoms with Gasteiger partial charge in [-0.3, -0.25) is 0 Å². The number of anilines is 1. The third-order valence-electron chi connectivity index (χ3n) is 5.92. The molecule has 1 aliphatic rings. The van der Waals surface area contributed by atoms with Crippen LogP contribution in [0.1, 0.15) is 40.3 Å². The zero-order chi connectivity index (χ0) is 21.5. The Kier molecular flexibility index (Phi) is 5.19. The first-order chi connectivity index (χ1) is 14.3. The van der Waals surface area contributed by atoms with E-state index in [-0.39, 0.29) is 5.69 Å². The summed E-state index contributed by atoms with van der Waals surface area (Å²) in [6, 6.07) is 20.2. The molecule has 0 fully saturated rings. The minimum absolute atomic E-state index is 0.273. The molecule has 0 atom stereocenters. The van der Waals surface area contributed by atoms with Gasteiger partial charge in [-0.15, -0.1) is 0 Å². The summed E-state index contributed by atoms with van der Waals surface area (Å²) in [5.41, 5.74) is 6.57. The quantitative estimate of drug-likeness (QED) is 0.445. The smallest absolute Gasteiger partial charge is 0.362 e. The Balaban J connectivity index is 1.90. The summed E-state index contributed by atoms with van der Waals surface area (Å²) in [6.07, 6.45) is -4.42. The summed E-state index contributed by atoms with van der Waals surface area (Å²) >= 11 is 0. The van der Waals surface area contributed by atoms with Crippen LogP contribution in [0.25, 0.3) is 5.57 Å². The van der Waals surface area contributed by atoms with Gasteiger partial charge in [0.2, 0.25) is 0 Å². The lowest BCUT2D eigenvalue weighted by atomic mass is 9.86. The Morgan fingerprint density at radius 1 is 0.833 bits per heavy atom. The molecular formula is C26H24F3N. The molecule has 1 aliphatic heterocycles. The highest BCUT2D eigenvalue weighted by Crippen LogP contribution is 2.46. The largest absolute Gasteiger partial charge is 0.418 e. The van der Waals surface area contributed by atoms with E-state index >= 15 is 0 Å². The lowest BCUT2D eigenvalue weighted by Gasteiger charge is -2.36. The molecule has 154 valence electrons.